The van der Waals surface area contributed by atoms with Crippen molar-refractivity contribution in [2.75, 3.05) is 18.4 Å². The lowest BCUT2D eigenvalue weighted by molar-refractivity contribution is -0.131. The number of anilines is 1. The highest BCUT2D eigenvalue weighted by molar-refractivity contribution is 6.08. The molecule has 3 rings (SSSR count). The van der Waals surface area contributed by atoms with E-state index in [9.17, 15) is 14.4 Å². The number of nitrogens with zero attached hydrogens (tertiary/aromatic N) is 2. The minimum atomic E-state index is -0.371. The summed E-state index contributed by atoms with van der Waals surface area (Å²) < 4.78 is 0. The molecule has 0 aromatic heterocycles. The number of imide groups is 1. The molecule has 2 saturated heterocycles. The standard InChI is InChI=1S/C20H27N3O3/c1-12(2)14-7-5-8-15(13(3)4)18(14)21-17(24)11-23-19(25)16-9-6-10-22(16)20(23)26/h5,7-8,12-13,16H,6,9-11H2,1-4H3,(H,21,24)/t16-/m0/s1. The second-order valence-corrected chi connectivity index (χ2v) is 7.73. The number of amides is 4. The minimum absolute atomic E-state index is 0.228. The molecule has 0 aliphatic carbocycles. The van der Waals surface area contributed by atoms with Gasteiger partial charge in [-0.3, -0.25) is 14.5 Å². The number of fused-ring (bicyclic) bond motifs is 1. The first kappa shape index (κ1) is 18.4. The predicted molar refractivity (Wildman–Crippen MR) is 100 cm³/mol. The van der Waals surface area contributed by atoms with Crippen LogP contribution in [0.4, 0.5) is 10.5 Å². The molecule has 26 heavy (non-hydrogen) atoms. The summed E-state index contributed by atoms with van der Waals surface area (Å²) in [5.74, 6) is -0.0687. The van der Waals surface area contributed by atoms with Crippen molar-refractivity contribution in [3.8, 4) is 0 Å². The molecule has 2 aliphatic rings. The first-order valence-corrected chi connectivity index (χ1v) is 9.36. The maximum Gasteiger partial charge on any atom is 0.327 e. The Morgan fingerprint density at radius 2 is 1.77 bits per heavy atom. The number of benzene rings is 1. The normalized spacial score (nSPS) is 19.7. The lowest BCUT2D eigenvalue weighted by Gasteiger charge is -2.21. The van der Waals surface area contributed by atoms with Gasteiger partial charge in [-0.05, 0) is 35.8 Å². The van der Waals surface area contributed by atoms with E-state index in [1.165, 1.54) is 0 Å². The smallest absolute Gasteiger partial charge is 0.324 e. The Bertz CT molecular complexity index is 694. The molecular weight excluding hydrogens is 330 g/mol. The van der Waals surface area contributed by atoms with E-state index in [4.69, 9.17) is 0 Å². The summed E-state index contributed by atoms with van der Waals surface area (Å²) in [6, 6.07) is 5.31. The summed E-state index contributed by atoms with van der Waals surface area (Å²) in [5, 5.41) is 2.97. The van der Waals surface area contributed by atoms with Gasteiger partial charge >= 0.3 is 6.03 Å². The van der Waals surface area contributed by atoms with E-state index in [0.717, 1.165) is 28.1 Å². The third kappa shape index (κ3) is 3.20. The van der Waals surface area contributed by atoms with Crippen LogP contribution in [0.25, 0.3) is 0 Å². The molecule has 1 atom stereocenters. The Morgan fingerprint density at radius 3 is 2.31 bits per heavy atom. The molecule has 2 aliphatic heterocycles. The van der Waals surface area contributed by atoms with E-state index >= 15 is 0 Å². The van der Waals surface area contributed by atoms with Gasteiger partial charge in [0, 0.05) is 12.2 Å². The number of carbonyl (C=O) groups excluding carboxylic acids is 3. The molecule has 6 nitrogen and oxygen atoms in total. The van der Waals surface area contributed by atoms with E-state index in [0.29, 0.717) is 13.0 Å². The van der Waals surface area contributed by atoms with Crippen LogP contribution < -0.4 is 5.32 Å². The van der Waals surface area contributed by atoms with Crippen LogP contribution in [0.3, 0.4) is 0 Å². The Kier molecular flexibility index (Phi) is 5.03. The maximum absolute atomic E-state index is 12.7. The number of hydrogen-bond acceptors (Lipinski definition) is 3. The highest BCUT2D eigenvalue weighted by Gasteiger charge is 2.47. The molecule has 2 heterocycles. The third-order valence-corrected chi connectivity index (χ3v) is 5.22. The molecule has 1 aromatic carbocycles. The van der Waals surface area contributed by atoms with Gasteiger partial charge in [0.1, 0.15) is 12.6 Å². The van der Waals surface area contributed by atoms with Gasteiger partial charge in [-0.15, -0.1) is 0 Å². The summed E-state index contributed by atoms with van der Waals surface area (Å²) in [5.41, 5.74) is 2.93. The van der Waals surface area contributed by atoms with Crippen molar-refractivity contribution in [2.45, 2.75) is 58.4 Å². The van der Waals surface area contributed by atoms with Crippen molar-refractivity contribution < 1.29 is 14.4 Å². The highest BCUT2D eigenvalue weighted by atomic mass is 16.2. The average molecular weight is 357 g/mol. The van der Waals surface area contributed by atoms with Crippen LogP contribution >= 0.6 is 0 Å². The fourth-order valence-corrected chi connectivity index (χ4v) is 3.85. The van der Waals surface area contributed by atoms with Crippen LogP contribution in [-0.2, 0) is 9.59 Å². The fourth-order valence-electron chi connectivity index (χ4n) is 3.85. The minimum Gasteiger partial charge on any atom is -0.324 e. The Labute approximate surface area is 154 Å². The van der Waals surface area contributed by atoms with Crippen LogP contribution in [0.2, 0.25) is 0 Å². The van der Waals surface area contributed by atoms with Gasteiger partial charge in [-0.1, -0.05) is 45.9 Å². The predicted octanol–water partition coefficient (Wildman–Crippen LogP) is 3.30. The molecule has 0 saturated carbocycles. The van der Waals surface area contributed by atoms with E-state index in [1.54, 1.807) is 4.90 Å². The SMILES string of the molecule is CC(C)c1cccc(C(C)C)c1NC(=O)CN1C(=O)[C@@H]2CCCN2C1=O. The van der Waals surface area contributed by atoms with Gasteiger partial charge in [0.05, 0.1) is 0 Å². The average Bonchev–Trinajstić information content (AvgIpc) is 3.14. The van der Waals surface area contributed by atoms with E-state index in [1.807, 2.05) is 18.2 Å². The summed E-state index contributed by atoms with van der Waals surface area (Å²) in [6.07, 6.45) is 1.54. The topological polar surface area (TPSA) is 69.7 Å². The summed E-state index contributed by atoms with van der Waals surface area (Å²) in [6.45, 7) is 8.69. The number of para-hydroxylation sites is 1. The van der Waals surface area contributed by atoms with Crippen molar-refractivity contribution in [1.82, 2.24) is 9.80 Å². The van der Waals surface area contributed by atoms with Crippen LogP contribution in [0, 0.1) is 0 Å². The monoisotopic (exact) mass is 357 g/mol. The largest absolute Gasteiger partial charge is 0.327 e. The maximum atomic E-state index is 12.7. The number of urea groups is 1. The zero-order chi connectivity index (χ0) is 19.0. The Balaban J connectivity index is 1.79. The summed E-state index contributed by atoms with van der Waals surface area (Å²) >= 11 is 0. The second-order valence-electron chi connectivity index (χ2n) is 7.73. The first-order valence-electron chi connectivity index (χ1n) is 9.36. The molecule has 2 fully saturated rings. The Morgan fingerprint density at radius 1 is 1.15 bits per heavy atom. The number of hydrogen-bond donors (Lipinski definition) is 1. The van der Waals surface area contributed by atoms with Crippen molar-refractivity contribution in [3.05, 3.63) is 29.3 Å². The number of carbonyl (C=O) groups is 3. The molecule has 0 unspecified atom stereocenters. The molecule has 0 spiro atoms. The van der Waals surface area contributed by atoms with Gasteiger partial charge < -0.3 is 10.2 Å². The zero-order valence-electron chi connectivity index (χ0n) is 15.9. The van der Waals surface area contributed by atoms with Crippen LogP contribution in [0.15, 0.2) is 18.2 Å². The van der Waals surface area contributed by atoms with Gasteiger partial charge in [0.25, 0.3) is 5.91 Å². The first-order chi connectivity index (χ1) is 12.3. The van der Waals surface area contributed by atoms with Crippen molar-refractivity contribution in [3.63, 3.8) is 0 Å². The molecule has 1 N–H and O–H groups in total. The molecule has 140 valence electrons. The van der Waals surface area contributed by atoms with Crippen molar-refractivity contribution >= 4 is 23.5 Å². The van der Waals surface area contributed by atoms with Crippen LogP contribution in [0.5, 0.6) is 0 Å². The van der Waals surface area contributed by atoms with Crippen LogP contribution in [0.1, 0.15) is 63.5 Å². The van der Waals surface area contributed by atoms with Gasteiger partial charge in [-0.2, -0.15) is 0 Å². The lowest BCUT2D eigenvalue weighted by atomic mass is 9.92. The second kappa shape index (κ2) is 7.09. The highest BCUT2D eigenvalue weighted by Crippen LogP contribution is 2.32. The molecule has 0 bridgehead atoms. The fraction of sp³-hybridized carbons (Fsp3) is 0.550. The lowest BCUT2D eigenvalue weighted by Crippen LogP contribution is -2.39. The Hall–Kier alpha value is -2.37. The van der Waals surface area contributed by atoms with Crippen molar-refractivity contribution in [2.24, 2.45) is 0 Å². The summed E-state index contributed by atoms with van der Waals surface area (Å²) in [7, 11) is 0. The molecule has 6 heteroatoms. The quantitative estimate of drug-likeness (QED) is 0.822. The molecular formula is C20H27N3O3. The molecule has 1 aromatic rings. The number of rotatable bonds is 5. The molecule has 4 amide bonds. The van der Waals surface area contributed by atoms with Gasteiger partial charge in [0.15, 0.2) is 0 Å². The van der Waals surface area contributed by atoms with E-state index in [-0.39, 0.29) is 42.3 Å². The third-order valence-electron chi connectivity index (χ3n) is 5.22. The van der Waals surface area contributed by atoms with Crippen molar-refractivity contribution in [1.29, 1.82) is 0 Å². The van der Waals surface area contributed by atoms with E-state index < -0.39 is 0 Å². The van der Waals surface area contributed by atoms with E-state index in [2.05, 4.69) is 33.0 Å². The number of nitrogens with one attached hydrogen (secondary N) is 1. The zero-order valence-corrected chi connectivity index (χ0v) is 15.9. The van der Waals surface area contributed by atoms with Gasteiger partial charge in [0.2, 0.25) is 5.91 Å². The molecule has 0 radical (unpaired) electrons. The van der Waals surface area contributed by atoms with Crippen LogP contribution in [-0.4, -0.2) is 46.8 Å². The van der Waals surface area contributed by atoms with Gasteiger partial charge in [-0.25, -0.2) is 4.79 Å². The summed E-state index contributed by atoms with van der Waals surface area (Å²) in [4.78, 5) is 40.1.